The van der Waals surface area contributed by atoms with Crippen molar-refractivity contribution in [1.82, 2.24) is 4.90 Å². The molecule has 6 heteroatoms. The van der Waals surface area contributed by atoms with E-state index < -0.39 is 0 Å². The number of rotatable bonds is 4. The summed E-state index contributed by atoms with van der Waals surface area (Å²) in [5, 5.41) is 0. The number of hydrogen-bond donors (Lipinski definition) is 1. The highest BCUT2D eigenvalue weighted by molar-refractivity contribution is 5.94. The van der Waals surface area contributed by atoms with Crippen LogP contribution in [0.5, 0.6) is 0 Å². The predicted molar refractivity (Wildman–Crippen MR) is 94.3 cm³/mol. The second kappa shape index (κ2) is 8.33. The Morgan fingerprint density at radius 2 is 2.00 bits per heavy atom. The number of benzene rings is 1. The molecule has 3 rings (SSSR count). The van der Waals surface area contributed by atoms with Gasteiger partial charge < -0.3 is 19.8 Å². The van der Waals surface area contributed by atoms with E-state index in [2.05, 4.69) is 0 Å². The number of morpholine rings is 1. The summed E-state index contributed by atoms with van der Waals surface area (Å²) >= 11 is 0. The smallest absolute Gasteiger partial charge is 0.254 e. The normalized spacial score (nSPS) is 17.4. The molecule has 0 saturated carbocycles. The molecule has 2 N–H and O–H groups in total. The van der Waals surface area contributed by atoms with E-state index in [0.717, 1.165) is 23.5 Å². The van der Waals surface area contributed by atoms with Gasteiger partial charge in [0.25, 0.3) is 5.91 Å². The quantitative estimate of drug-likeness (QED) is 0.920. The third-order valence-corrected chi connectivity index (χ3v) is 4.19. The molecule has 1 atom stereocenters. The molecule has 0 radical (unpaired) electrons. The topological polar surface area (TPSA) is 68.7 Å². The predicted octanol–water partition coefficient (Wildman–Crippen LogP) is 2.94. The van der Waals surface area contributed by atoms with Gasteiger partial charge in [0.2, 0.25) is 0 Å². The lowest BCUT2D eigenvalue weighted by Gasteiger charge is -2.34. The molecule has 0 aliphatic carbocycles. The van der Waals surface area contributed by atoms with Crippen molar-refractivity contribution in [2.24, 2.45) is 5.73 Å². The van der Waals surface area contributed by atoms with Gasteiger partial charge in [-0.3, -0.25) is 4.79 Å². The number of halogens is 1. The Morgan fingerprint density at radius 3 is 2.62 bits per heavy atom. The molecule has 2 heterocycles. The number of hydrogen-bond acceptors (Lipinski definition) is 4. The van der Waals surface area contributed by atoms with Crippen molar-refractivity contribution in [3.05, 3.63) is 59.0 Å². The number of ether oxygens (including phenoxy) is 1. The number of carbonyl (C=O) groups is 1. The maximum atomic E-state index is 12.9. The lowest BCUT2D eigenvalue weighted by Crippen LogP contribution is -2.43. The summed E-state index contributed by atoms with van der Waals surface area (Å²) in [6.45, 7) is 4.08. The van der Waals surface area contributed by atoms with Gasteiger partial charge in [0.15, 0.2) is 0 Å². The lowest BCUT2D eigenvalue weighted by molar-refractivity contribution is -0.00901. The van der Waals surface area contributed by atoms with Crippen LogP contribution in [-0.4, -0.2) is 30.6 Å². The average Bonchev–Trinajstić information content (AvgIpc) is 3.10. The molecule has 2 aromatic rings. The van der Waals surface area contributed by atoms with Crippen LogP contribution in [0.1, 0.15) is 40.4 Å². The Kier molecular flexibility index (Phi) is 6.43. The Bertz CT molecular complexity index is 669. The number of aryl methyl sites for hydroxylation is 1. The van der Waals surface area contributed by atoms with Crippen LogP contribution in [-0.2, 0) is 17.7 Å². The van der Waals surface area contributed by atoms with Crippen LogP contribution in [0.15, 0.2) is 40.8 Å². The zero-order valence-electron chi connectivity index (χ0n) is 13.7. The second-order valence-corrected chi connectivity index (χ2v) is 5.65. The summed E-state index contributed by atoms with van der Waals surface area (Å²) in [5.74, 6) is 1.70. The highest BCUT2D eigenvalue weighted by Gasteiger charge is 2.31. The fourth-order valence-electron chi connectivity index (χ4n) is 2.80. The minimum atomic E-state index is -0.175. The molecule has 130 valence electrons. The average molecular weight is 351 g/mol. The maximum Gasteiger partial charge on any atom is 0.254 e. The first kappa shape index (κ1) is 18.5. The van der Waals surface area contributed by atoms with Crippen molar-refractivity contribution >= 4 is 18.3 Å². The van der Waals surface area contributed by atoms with Crippen LogP contribution >= 0.6 is 12.4 Å². The van der Waals surface area contributed by atoms with Gasteiger partial charge in [0.05, 0.1) is 13.2 Å². The van der Waals surface area contributed by atoms with Crippen LogP contribution in [0, 0.1) is 0 Å². The number of amides is 1. The van der Waals surface area contributed by atoms with Crippen molar-refractivity contribution in [3.63, 3.8) is 0 Å². The summed E-state index contributed by atoms with van der Waals surface area (Å²) in [6.07, 6.45) is 0.835. The van der Waals surface area contributed by atoms with Crippen molar-refractivity contribution < 1.29 is 13.9 Å². The molecular formula is C18H23ClN2O3. The van der Waals surface area contributed by atoms with Crippen molar-refractivity contribution in [2.45, 2.75) is 25.9 Å². The van der Waals surface area contributed by atoms with Gasteiger partial charge in [0.1, 0.15) is 17.6 Å². The van der Waals surface area contributed by atoms with Gasteiger partial charge in [-0.05, 0) is 29.8 Å². The van der Waals surface area contributed by atoms with Crippen molar-refractivity contribution in [3.8, 4) is 0 Å². The van der Waals surface area contributed by atoms with Crippen molar-refractivity contribution in [1.29, 1.82) is 0 Å². The highest BCUT2D eigenvalue weighted by atomic mass is 35.5. The minimum absolute atomic E-state index is 0. The first-order chi connectivity index (χ1) is 11.2. The Labute approximate surface area is 148 Å². The Balaban J connectivity index is 0.00000208. The molecule has 0 bridgehead atoms. The Morgan fingerprint density at radius 1 is 1.25 bits per heavy atom. The van der Waals surface area contributed by atoms with E-state index in [9.17, 15) is 4.79 Å². The van der Waals surface area contributed by atoms with E-state index in [-0.39, 0.29) is 24.4 Å². The van der Waals surface area contributed by atoms with Gasteiger partial charge in [-0.25, -0.2) is 0 Å². The van der Waals surface area contributed by atoms with E-state index in [0.29, 0.717) is 31.9 Å². The molecule has 1 saturated heterocycles. The van der Waals surface area contributed by atoms with E-state index >= 15 is 0 Å². The molecule has 1 amide bonds. The lowest BCUT2D eigenvalue weighted by atomic mass is 10.1. The summed E-state index contributed by atoms with van der Waals surface area (Å²) in [6, 6.07) is 11.2. The number of nitrogens with two attached hydrogens (primary N) is 1. The van der Waals surface area contributed by atoms with Gasteiger partial charge >= 0.3 is 0 Å². The van der Waals surface area contributed by atoms with Gasteiger partial charge in [-0.1, -0.05) is 19.1 Å². The van der Waals surface area contributed by atoms with E-state index in [4.69, 9.17) is 14.9 Å². The fourth-order valence-corrected chi connectivity index (χ4v) is 2.80. The molecule has 1 aliphatic heterocycles. The van der Waals surface area contributed by atoms with Crippen LogP contribution in [0.3, 0.4) is 0 Å². The molecule has 24 heavy (non-hydrogen) atoms. The molecule has 1 aliphatic rings. The van der Waals surface area contributed by atoms with E-state index in [1.54, 1.807) is 0 Å². The highest BCUT2D eigenvalue weighted by Crippen LogP contribution is 2.27. The van der Waals surface area contributed by atoms with Gasteiger partial charge in [-0.2, -0.15) is 0 Å². The SMILES string of the molecule is CCc1ccc(C2COCCN2C(=O)c2ccc(CN)cc2)o1.Cl. The first-order valence-electron chi connectivity index (χ1n) is 7.99. The third kappa shape index (κ3) is 3.80. The summed E-state index contributed by atoms with van der Waals surface area (Å²) in [7, 11) is 0. The molecule has 1 fully saturated rings. The van der Waals surface area contributed by atoms with E-state index in [1.165, 1.54) is 0 Å². The van der Waals surface area contributed by atoms with Gasteiger partial charge in [-0.15, -0.1) is 12.4 Å². The zero-order valence-corrected chi connectivity index (χ0v) is 14.6. The largest absolute Gasteiger partial charge is 0.464 e. The van der Waals surface area contributed by atoms with Crippen molar-refractivity contribution in [2.75, 3.05) is 19.8 Å². The third-order valence-electron chi connectivity index (χ3n) is 4.19. The molecule has 5 nitrogen and oxygen atoms in total. The molecule has 1 aromatic heterocycles. The zero-order chi connectivity index (χ0) is 16.2. The van der Waals surface area contributed by atoms with Crippen LogP contribution in [0.4, 0.5) is 0 Å². The molecule has 1 unspecified atom stereocenters. The summed E-state index contributed by atoms with van der Waals surface area (Å²) < 4.78 is 11.4. The van der Waals surface area contributed by atoms with Crippen LogP contribution in [0.2, 0.25) is 0 Å². The molecular weight excluding hydrogens is 328 g/mol. The number of carbonyl (C=O) groups excluding carboxylic acids is 1. The van der Waals surface area contributed by atoms with E-state index in [1.807, 2.05) is 48.2 Å². The molecule has 0 spiro atoms. The Hall–Kier alpha value is -1.82. The monoisotopic (exact) mass is 350 g/mol. The fraction of sp³-hybridized carbons (Fsp3) is 0.389. The summed E-state index contributed by atoms with van der Waals surface area (Å²) in [4.78, 5) is 14.7. The van der Waals surface area contributed by atoms with Crippen LogP contribution < -0.4 is 5.73 Å². The van der Waals surface area contributed by atoms with Gasteiger partial charge in [0, 0.05) is 25.1 Å². The second-order valence-electron chi connectivity index (χ2n) is 5.65. The minimum Gasteiger partial charge on any atom is -0.464 e. The summed E-state index contributed by atoms with van der Waals surface area (Å²) in [5.41, 5.74) is 7.28. The number of nitrogens with zero attached hydrogens (tertiary/aromatic N) is 1. The first-order valence-corrected chi connectivity index (χ1v) is 7.99. The standard InChI is InChI=1S/C18H22N2O3.ClH/c1-2-15-7-8-17(23-15)16-12-22-10-9-20(16)18(21)14-5-3-13(11-19)4-6-14;/h3-8,16H,2,9-12,19H2,1H3;1H. The maximum absolute atomic E-state index is 12.9. The molecule has 1 aromatic carbocycles. The van der Waals surface area contributed by atoms with Crippen LogP contribution in [0.25, 0.3) is 0 Å². The number of furan rings is 1.